The summed E-state index contributed by atoms with van der Waals surface area (Å²) in [7, 11) is 3.07. The lowest BCUT2D eigenvalue weighted by Crippen LogP contribution is -2.34. The summed E-state index contributed by atoms with van der Waals surface area (Å²) in [5, 5.41) is 6.17. The number of benzene rings is 2. The number of aryl methyl sites for hydroxylation is 1. The quantitative estimate of drug-likeness (QED) is 0.704. The van der Waals surface area contributed by atoms with Gasteiger partial charge < -0.3 is 20.1 Å². The van der Waals surface area contributed by atoms with E-state index in [9.17, 15) is 4.79 Å². The van der Waals surface area contributed by atoms with Gasteiger partial charge in [-0.1, -0.05) is 41.4 Å². The van der Waals surface area contributed by atoms with Gasteiger partial charge in [0, 0.05) is 25.7 Å². The van der Waals surface area contributed by atoms with Crippen LogP contribution in [0.4, 0.5) is 10.5 Å². The Balaban J connectivity index is 1.47. The zero-order valence-corrected chi connectivity index (χ0v) is 17.9. The van der Waals surface area contributed by atoms with E-state index < -0.39 is 0 Å². The first-order valence-corrected chi connectivity index (χ1v) is 10.1. The Morgan fingerprint density at radius 2 is 1.90 bits per heavy atom. The van der Waals surface area contributed by atoms with Crippen molar-refractivity contribution in [1.82, 2.24) is 10.2 Å². The van der Waals surface area contributed by atoms with E-state index in [1.807, 2.05) is 0 Å². The number of nitrogens with zero attached hydrogens (tertiary/aromatic N) is 1. The number of amides is 2. The maximum Gasteiger partial charge on any atom is 0.319 e. The predicted molar refractivity (Wildman–Crippen MR) is 116 cm³/mol. The fraction of sp³-hybridized carbons (Fsp3) is 0.409. The number of ether oxygens (including phenoxy) is 2. The molecule has 1 atom stereocenters. The number of carbonyl (C=O) groups excluding carboxylic acids is 1. The highest BCUT2D eigenvalue weighted by Gasteiger charge is 2.23. The van der Waals surface area contributed by atoms with Crippen molar-refractivity contribution in [3.05, 3.63) is 52.5 Å². The van der Waals surface area contributed by atoms with Crippen molar-refractivity contribution in [1.29, 1.82) is 0 Å². The largest absolute Gasteiger partial charge is 0.495 e. The zero-order valence-electron chi connectivity index (χ0n) is 17.1. The molecule has 0 aromatic heterocycles. The van der Waals surface area contributed by atoms with Crippen LogP contribution in [-0.4, -0.2) is 44.8 Å². The number of methoxy groups -OCH3 is 2. The molecule has 156 valence electrons. The van der Waals surface area contributed by atoms with Crippen LogP contribution in [0.15, 0.2) is 36.4 Å². The second-order valence-electron chi connectivity index (χ2n) is 7.40. The number of rotatable bonds is 7. The number of urea groups is 1. The predicted octanol–water partition coefficient (Wildman–Crippen LogP) is 4.31. The topological polar surface area (TPSA) is 62.8 Å². The minimum absolute atomic E-state index is 0.276. The summed E-state index contributed by atoms with van der Waals surface area (Å²) < 4.78 is 10.5. The van der Waals surface area contributed by atoms with Crippen LogP contribution in [0.3, 0.4) is 0 Å². The minimum Gasteiger partial charge on any atom is -0.495 e. The van der Waals surface area contributed by atoms with Crippen molar-refractivity contribution >= 4 is 23.3 Å². The molecular weight excluding hydrogens is 390 g/mol. The first-order valence-electron chi connectivity index (χ1n) is 9.72. The number of carbonyl (C=O) groups is 1. The van der Waals surface area contributed by atoms with E-state index in [4.69, 9.17) is 21.1 Å². The third kappa shape index (κ3) is 5.78. The highest BCUT2D eigenvalue weighted by molar-refractivity contribution is 6.32. The highest BCUT2D eigenvalue weighted by atomic mass is 35.5. The van der Waals surface area contributed by atoms with Gasteiger partial charge in [0.25, 0.3) is 0 Å². The fourth-order valence-corrected chi connectivity index (χ4v) is 3.78. The summed E-state index contributed by atoms with van der Waals surface area (Å²) in [6.07, 6.45) is 1.07. The van der Waals surface area contributed by atoms with E-state index in [1.54, 1.807) is 12.1 Å². The van der Waals surface area contributed by atoms with Crippen LogP contribution in [0.2, 0.25) is 5.02 Å². The van der Waals surface area contributed by atoms with Crippen molar-refractivity contribution in [2.45, 2.75) is 19.9 Å². The molecule has 1 saturated heterocycles. The van der Waals surface area contributed by atoms with Gasteiger partial charge in [-0.25, -0.2) is 4.79 Å². The Morgan fingerprint density at radius 3 is 2.59 bits per heavy atom. The number of likely N-dealkylation sites (tertiary alicyclic amines) is 1. The number of hydrogen-bond acceptors (Lipinski definition) is 4. The Morgan fingerprint density at radius 1 is 1.17 bits per heavy atom. The van der Waals surface area contributed by atoms with Gasteiger partial charge in [-0.3, -0.25) is 4.90 Å². The smallest absolute Gasteiger partial charge is 0.319 e. The van der Waals surface area contributed by atoms with Gasteiger partial charge >= 0.3 is 6.03 Å². The summed E-state index contributed by atoms with van der Waals surface area (Å²) in [6.45, 7) is 5.70. The molecule has 0 saturated carbocycles. The molecule has 29 heavy (non-hydrogen) atoms. The number of nitrogens with one attached hydrogen (secondary N) is 2. The van der Waals surface area contributed by atoms with Crippen molar-refractivity contribution in [2.75, 3.05) is 39.2 Å². The molecular formula is C22H28ClN3O3. The molecule has 1 unspecified atom stereocenters. The molecule has 3 rings (SSSR count). The van der Waals surface area contributed by atoms with Gasteiger partial charge in [0.05, 0.1) is 24.9 Å². The van der Waals surface area contributed by atoms with Gasteiger partial charge in [0.1, 0.15) is 11.5 Å². The van der Waals surface area contributed by atoms with Crippen LogP contribution in [0, 0.1) is 12.8 Å². The summed E-state index contributed by atoms with van der Waals surface area (Å²) in [5.74, 6) is 1.42. The van der Waals surface area contributed by atoms with Crippen LogP contribution in [0.1, 0.15) is 17.5 Å². The highest BCUT2D eigenvalue weighted by Crippen LogP contribution is 2.35. The van der Waals surface area contributed by atoms with Crippen molar-refractivity contribution in [3.8, 4) is 11.5 Å². The van der Waals surface area contributed by atoms with Gasteiger partial charge in [-0.2, -0.15) is 0 Å². The lowest BCUT2D eigenvalue weighted by Gasteiger charge is -2.17. The third-order valence-electron chi connectivity index (χ3n) is 5.17. The van der Waals surface area contributed by atoms with Crippen molar-refractivity contribution < 1.29 is 14.3 Å². The van der Waals surface area contributed by atoms with Gasteiger partial charge in [-0.15, -0.1) is 0 Å². The fourth-order valence-electron chi connectivity index (χ4n) is 3.54. The average Bonchev–Trinajstić information content (AvgIpc) is 3.16. The van der Waals surface area contributed by atoms with Crippen LogP contribution in [0.5, 0.6) is 11.5 Å². The molecule has 0 spiro atoms. The molecule has 6 nitrogen and oxygen atoms in total. The lowest BCUT2D eigenvalue weighted by molar-refractivity contribution is 0.249. The van der Waals surface area contributed by atoms with Gasteiger partial charge in [0.2, 0.25) is 0 Å². The Hall–Kier alpha value is -2.44. The van der Waals surface area contributed by atoms with E-state index in [0.29, 0.717) is 34.7 Å². The van der Waals surface area contributed by atoms with Gasteiger partial charge in [-0.05, 0) is 37.4 Å². The third-order valence-corrected chi connectivity index (χ3v) is 5.47. The molecule has 0 aliphatic carbocycles. The molecule has 0 bridgehead atoms. The van der Waals surface area contributed by atoms with Crippen LogP contribution in [-0.2, 0) is 6.54 Å². The van der Waals surface area contributed by atoms with E-state index in [-0.39, 0.29) is 6.03 Å². The van der Waals surface area contributed by atoms with E-state index in [1.165, 1.54) is 25.3 Å². The zero-order chi connectivity index (χ0) is 20.8. The first kappa shape index (κ1) is 21.3. The average molecular weight is 418 g/mol. The molecule has 2 aromatic carbocycles. The second-order valence-corrected chi connectivity index (χ2v) is 7.80. The molecule has 2 amide bonds. The van der Waals surface area contributed by atoms with Crippen LogP contribution < -0.4 is 20.1 Å². The van der Waals surface area contributed by atoms with Gasteiger partial charge in [0.15, 0.2) is 0 Å². The van der Waals surface area contributed by atoms with Crippen molar-refractivity contribution in [3.63, 3.8) is 0 Å². The summed E-state index contributed by atoms with van der Waals surface area (Å²) in [5.41, 5.74) is 3.10. The number of halogens is 1. The Kier molecular flexibility index (Phi) is 7.23. The molecule has 1 heterocycles. The molecule has 1 aliphatic heterocycles. The number of hydrogen-bond donors (Lipinski definition) is 2. The standard InChI is InChI=1S/C22H28ClN3O3/c1-15-4-6-16(7-5-15)13-26-9-8-17(14-26)12-24-22(27)25-19-10-18(23)20(28-2)11-21(19)29-3/h4-7,10-11,17H,8-9,12-14H2,1-3H3,(H2,24,25,27). The number of anilines is 1. The molecule has 2 N–H and O–H groups in total. The SMILES string of the molecule is COc1cc(OC)c(NC(=O)NCC2CCN(Cc3ccc(C)cc3)C2)cc1Cl. The second kappa shape index (κ2) is 9.85. The maximum absolute atomic E-state index is 12.3. The maximum atomic E-state index is 12.3. The summed E-state index contributed by atoms with van der Waals surface area (Å²) >= 11 is 6.16. The minimum atomic E-state index is -0.276. The molecule has 7 heteroatoms. The molecule has 1 fully saturated rings. The summed E-state index contributed by atoms with van der Waals surface area (Å²) in [6, 6.07) is 11.7. The molecule has 2 aromatic rings. The summed E-state index contributed by atoms with van der Waals surface area (Å²) in [4.78, 5) is 14.8. The van der Waals surface area contributed by atoms with E-state index >= 15 is 0 Å². The van der Waals surface area contributed by atoms with Crippen LogP contribution in [0.25, 0.3) is 0 Å². The Labute approximate surface area is 177 Å². The molecule has 1 aliphatic rings. The van der Waals surface area contributed by atoms with Crippen molar-refractivity contribution in [2.24, 2.45) is 5.92 Å². The van der Waals surface area contributed by atoms with E-state index in [2.05, 4.69) is 46.7 Å². The normalized spacial score (nSPS) is 16.5. The van der Waals surface area contributed by atoms with Crippen LogP contribution >= 0.6 is 11.6 Å². The monoisotopic (exact) mass is 417 g/mol. The lowest BCUT2D eigenvalue weighted by atomic mass is 10.1. The van der Waals surface area contributed by atoms with E-state index in [0.717, 1.165) is 26.1 Å². The first-order chi connectivity index (χ1) is 14.0. The Bertz CT molecular complexity index is 842. The molecule has 0 radical (unpaired) electrons.